The second-order valence-electron chi connectivity index (χ2n) is 9.18. The third-order valence-corrected chi connectivity index (χ3v) is 6.95. The Bertz CT molecular complexity index is 1270. The quantitative estimate of drug-likeness (QED) is 0.344. The van der Waals surface area contributed by atoms with Gasteiger partial charge < -0.3 is 15.6 Å². The van der Waals surface area contributed by atoms with Crippen LogP contribution in [-0.4, -0.2) is 35.5 Å². The van der Waals surface area contributed by atoms with Crippen molar-refractivity contribution in [3.8, 4) is 11.1 Å². The van der Waals surface area contributed by atoms with E-state index in [4.69, 9.17) is 5.73 Å². The summed E-state index contributed by atoms with van der Waals surface area (Å²) in [6.07, 6.45) is 5.68. The summed E-state index contributed by atoms with van der Waals surface area (Å²) >= 11 is 0. The summed E-state index contributed by atoms with van der Waals surface area (Å²) in [5.74, 6) is 0.528. The SMILES string of the molecule is CCCN1CCC(c2c[nH]c3ccc(N(C(N)=O)c4cccc(-c5ccccc5)c4)cc23)CC1. The Balaban J connectivity index is 1.48. The number of amides is 2. The second-order valence-corrected chi connectivity index (χ2v) is 9.18. The maximum absolute atomic E-state index is 12.6. The molecular formula is C29H32N4O. The van der Waals surface area contributed by atoms with Crippen molar-refractivity contribution in [2.24, 2.45) is 5.73 Å². The molecule has 5 nitrogen and oxygen atoms in total. The van der Waals surface area contributed by atoms with E-state index in [9.17, 15) is 4.79 Å². The summed E-state index contributed by atoms with van der Waals surface area (Å²) in [4.78, 5) is 20.2. The largest absolute Gasteiger partial charge is 0.361 e. The number of H-pyrrole nitrogens is 1. The molecule has 0 saturated carbocycles. The normalized spacial score (nSPS) is 15.0. The lowest BCUT2D eigenvalue weighted by Crippen LogP contribution is -2.33. The number of anilines is 2. The van der Waals surface area contributed by atoms with Gasteiger partial charge in [0.1, 0.15) is 0 Å². The van der Waals surface area contributed by atoms with E-state index in [1.165, 1.54) is 23.9 Å². The molecule has 2 amide bonds. The third-order valence-electron chi connectivity index (χ3n) is 6.95. The molecule has 0 aliphatic carbocycles. The van der Waals surface area contributed by atoms with Crippen LogP contribution in [0.15, 0.2) is 79.0 Å². The van der Waals surface area contributed by atoms with Crippen LogP contribution in [0.4, 0.5) is 16.2 Å². The van der Waals surface area contributed by atoms with Crippen LogP contribution in [0.5, 0.6) is 0 Å². The molecule has 5 rings (SSSR count). The van der Waals surface area contributed by atoms with Gasteiger partial charge in [0.2, 0.25) is 0 Å². The first-order valence-electron chi connectivity index (χ1n) is 12.2. The molecule has 1 aliphatic rings. The predicted octanol–water partition coefficient (Wildman–Crippen LogP) is 6.64. The molecule has 0 atom stereocenters. The molecule has 174 valence electrons. The van der Waals surface area contributed by atoms with E-state index in [0.717, 1.165) is 53.9 Å². The van der Waals surface area contributed by atoms with Crippen LogP contribution in [0.3, 0.4) is 0 Å². The van der Waals surface area contributed by atoms with Gasteiger partial charge in [-0.15, -0.1) is 0 Å². The van der Waals surface area contributed by atoms with Gasteiger partial charge in [0.05, 0.1) is 11.4 Å². The second kappa shape index (κ2) is 9.74. The number of piperidine rings is 1. The van der Waals surface area contributed by atoms with Crippen LogP contribution in [0, 0.1) is 0 Å². The maximum atomic E-state index is 12.6. The summed E-state index contributed by atoms with van der Waals surface area (Å²) in [5, 5.41) is 1.18. The van der Waals surface area contributed by atoms with Crippen LogP contribution in [0.25, 0.3) is 22.0 Å². The molecule has 0 spiro atoms. The van der Waals surface area contributed by atoms with Crippen LogP contribution < -0.4 is 10.6 Å². The lowest BCUT2D eigenvalue weighted by atomic mass is 9.89. The molecule has 3 aromatic carbocycles. The Morgan fingerprint density at radius 3 is 2.44 bits per heavy atom. The summed E-state index contributed by atoms with van der Waals surface area (Å²) in [6.45, 7) is 5.71. The van der Waals surface area contributed by atoms with Gasteiger partial charge >= 0.3 is 6.03 Å². The highest BCUT2D eigenvalue weighted by atomic mass is 16.2. The molecule has 0 unspecified atom stereocenters. The summed E-state index contributed by atoms with van der Waals surface area (Å²) in [6, 6.07) is 23.8. The van der Waals surface area contributed by atoms with E-state index < -0.39 is 6.03 Å². The zero-order chi connectivity index (χ0) is 23.5. The van der Waals surface area contributed by atoms with Crippen molar-refractivity contribution >= 4 is 28.3 Å². The molecule has 0 radical (unpaired) electrons. The Hall–Kier alpha value is -3.57. The molecule has 4 aromatic rings. The molecule has 1 saturated heterocycles. The van der Waals surface area contributed by atoms with E-state index >= 15 is 0 Å². The molecule has 1 aliphatic heterocycles. The first-order chi connectivity index (χ1) is 16.6. The average Bonchev–Trinajstić information content (AvgIpc) is 3.29. The standard InChI is InChI=1S/C29H32N4O/c1-2-15-32-16-13-22(14-17-32)27-20-31-28-12-11-25(19-26(27)28)33(29(30)34)24-10-6-9-23(18-24)21-7-4-3-5-8-21/h3-12,18-20,22,31H,2,13-17H2,1H3,(H2,30,34). The molecule has 3 N–H and O–H groups in total. The minimum atomic E-state index is -0.491. The first kappa shape index (κ1) is 22.2. The van der Waals surface area contributed by atoms with E-state index in [1.54, 1.807) is 4.90 Å². The summed E-state index contributed by atoms with van der Waals surface area (Å²) in [7, 11) is 0. The van der Waals surface area contributed by atoms with Crippen LogP contribution in [0.2, 0.25) is 0 Å². The number of nitrogens with two attached hydrogens (primary N) is 1. The first-order valence-corrected chi connectivity index (χ1v) is 12.2. The van der Waals surface area contributed by atoms with E-state index in [-0.39, 0.29) is 0 Å². The molecule has 0 bridgehead atoms. The highest BCUT2D eigenvalue weighted by Gasteiger charge is 2.23. The fourth-order valence-corrected chi connectivity index (χ4v) is 5.25. The number of rotatable bonds is 6. The van der Waals surface area contributed by atoms with E-state index in [2.05, 4.69) is 53.3 Å². The average molecular weight is 453 g/mol. The number of urea groups is 1. The highest BCUT2D eigenvalue weighted by Crippen LogP contribution is 2.37. The Kier molecular flexibility index (Phi) is 6.37. The van der Waals surface area contributed by atoms with E-state index in [1.807, 2.05) is 42.5 Å². The number of aromatic amines is 1. The topological polar surface area (TPSA) is 65.4 Å². The van der Waals surface area contributed by atoms with Crippen LogP contribution in [-0.2, 0) is 0 Å². The molecule has 5 heteroatoms. The monoisotopic (exact) mass is 452 g/mol. The lowest BCUT2D eigenvalue weighted by molar-refractivity contribution is 0.213. The van der Waals surface area contributed by atoms with Crippen LogP contribution in [0.1, 0.15) is 37.7 Å². The summed E-state index contributed by atoms with van der Waals surface area (Å²) in [5.41, 5.74) is 12.0. The van der Waals surface area contributed by atoms with Crippen molar-refractivity contribution < 1.29 is 4.79 Å². The third kappa shape index (κ3) is 4.44. The Labute approximate surface area is 201 Å². The molecule has 34 heavy (non-hydrogen) atoms. The number of nitrogens with zero attached hydrogens (tertiary/aromatic N) is 2. The molecular weight excluding hydrogens is 420 g/mol. The number of hydrogen-bond acceptors (Lipinski definition) is 2. The number of hydrogen-bond donors (Lipinski definition) is 2. The number of likely N-dealkylation sites (tertiary alicyclic amines) is 1. The van der Waals surface area contributed by atoms with Gasteiger partial charge in [-0.2, -0.15) is 0 Å². The number of carbonyl (C=O) groups is 1. The Morgan fingerprint density at radius 2 is 1.71 bits per heavy atom. The van der Waals surface area contributed by atoms with Gasteiger partial charge in [0, 0.05) is 17.1 Å². The number of nitrogens with one attached hydrogen (secondary N) is 1. The highest BCUT2D eigenvalue weighted by molar-refractivity contribution is 6.01. The summed E-state index contributed by atoms with van der Waals surface area (Å²) < 4.78 is 0. The molecule has 2 heterocycles. The van der Waals surface area contributed by atoms with Gasteiger partial charge in [0.25, 0.3) is 0 Å². The number of fused-ring (bicyclic) bond motifs is 1. The number of primary amides is 1. The zero-order valence-corrected chi connectivity index (χ0v) is 19.7. The van der Waals surface area contributed by atoms with Crippen LogP contribution >= 0.6 is 0 Å². The van der Waals surface area contributed by atoms with Crippen molar-refractivity contribution in [2.45, 2.75) is 32.1 Å². The van der Waals surface area contributed by atoms with Gasteiger partial charge in [-0.05, 0) is 91.8 Å². The van der Waals surface area contributed by atoms with Crippen molar-refractivity contribution in [1.82, 2.24) is 9.88 Å². The van der Waals surface area contributed by atoms with Crippen molar-refractivity contribution in [2.75, 3.05) is 24.5 Å². The van der Waals surface area contributed by atoms with Crippen molar-refractivity contribution in [3.05, 3.63) is 84.6 Å². The predicted molar refractivity (Wildman–Crippen MR) is 141 cm³/mol. The fourth-order valence-electron chi connectivity index (χ4n) is 5.25. The number of aromatic nitrogens is 1. The maximum Gasteiger partial charge on any atom is 0.323 e. The van der Waals surface area contributed by atoms with Crippen molar-refractivity contribution in [3.63, 3.8) is 0 Å². The molecule has 1 aromatic heterocycles. The smallest absolute Gasteiger partial charge is 0.323 e. The minimum absolute atomic E-state index is 0.491. The number of carbonyl (C=O) groups excluding carboxylic acids is 1. The van der Waals surface area contributed by atoms with Gasteiger partial charge in [-0.1, -0.05) is 49.4 Å². The number of benzene rings is 3. The fraction of sp³-hybridized carbons (Fsp3) is 0.276. The zero-order valence-electron chi connectivity index (χ0n) is 19.7. The molecule has 1 fully saturated rings. The van der Waals surface area contributed by atoms with Gasteiger partial charge in [0.15, 0.2) is 0 Å². The Morgan fingerprint density at radius 1 is 0.971 bits per heavy atom. The van der Waals surface area contributed by atoms with Gasteiger partial charge in [-0.25, -0.2) is 4.79 Å². The van der Waals surface area contributed by atoms with Gasteiger partial charge in [-0.3, -0.25) is 4.90 Å². The lowest BCUT2D eigenvalue weighted by Gasteiger charge is -2.31. The minimum Gasteiger partial charge on any atom is -0.361 e. The van der Waals surface area contributed by atoms with Crippen molar-refractivity contribution in [1.29, 1.82) is 0 Å². The van der Waals surface area contributed by atoms with E-state index in [0.29, 0.717) is 5.92 Å².